The Morgan fingerprint density at radius 1 is 1.53 bits per heavy atom. The number of thioether (sulfide) groups is 1. The Balaban J connectivity index is 2.07. The highest BCUT2D eigenvalue weighted by molar-refractivity contribution is 8.00. The Morgan fingerprint density at radius 3 is 2.73 bits per heavy atom. The lowest BCUT2D eigenvalue weighted by atomic mass is 10.3. The van der Waals surface area contributed by atoms with E-state index in [1.54, 1.807) is 0 Å². The van der Waals surface area contributed by atoms with Crippen molar-refractivity contribution in [3.63, 3.8) is 0 Å². The second-order valence-corrected chi connectivity index (χ2v) is 5.68. The molecule has 15 heavy (non-hydrogen) atoms. The number of nitrogens with one attached hydrogen (secondary N) is 1. The Hall–Kier alpha value is -1.04. The number of amides is 1. The molecule has 0 bridgehead atoms. The van der Waals surface area contributed by atoms with Gasteiger partial charge in [0, 0.05) is 23.6 Å². The molecule has 1 saturated heterocycles. The second kappa shape index (κ2) is 4.22. The van der Waals surface area contributed by atoms with Crippen LogP contribution in [0.1, 0.15) is 24.5 Å². The molecule has 1 N–H and O–H groups in total. The van der Waals surface area contributed by atoms with E-state index in [1.807, 2.05) is 16.7 Å². The predicted molar refractivity (Wildman–Crippen MR) is 58.8 cm³/mol. The van der Waals surface area contributed by atoms with Gasteiger partial charge in [0.1, 0.15) is 6.33 Å². The average molecular weight is 226 g/mol. The van der Waals surface area contributed by atoms with Gasteiger partial charge in [-0.05, 0) is 0 Å². The first kappa shape index (κ1) is 10.5. The molecule has 2 atom stereocenters. The normalized spacial score (nSPS) is 26.7. The highest BCUT2D eigenvalue weighted by atomic mass is 32.2. The van der Waals surface area contributed by atoms with Gasteiger partial charge in [0.2, 0.25) is 5.82 Å². The van der Waals surface area contributed by atoms with Gasteiger partial charge >= 0.3 is 0 Å². The SMILES string of the molecule is CC1CN(C(=O)c2ncn[nH]2)CC(C)S1. The molecule has 6 heteroatoms. The highest BCUT2D eigenvalue weighted by Gasteiger charge is 2.27. The quantitative estimate of drug-likeness (QED) is 0.768. The number of H-pyrrole nitrogens is 1. The summed E-state index contributed by atoms with van der Waals surface area (Å²) in [6.45, 7) is 5.85. The smallest absolute Gasteiger partial charge is 0.291 e. The maximum Gasteiger partial charge on any atom is 0.291 e. The third-order valence-electron chi connectivity index (χ3n) is 2.32. The standard InChI is InChI=1S/C9H14N4OS/c1-6-3-13(4-7(2)15-6)9(14)8-10-5-11-12-8/h5-7H,3-4H2,1-2H3,(H,10,11,12). The van der Waals surface area contributed by atoms with Gasteiger partial charge in [-0.2, -0.15) is 16.9 Å². The van der Waals surface area contributed by atoms with Crippen LogP contribution in [0.2, 0.25) is 0 Å². The van der Waals surface area contributed by atoms with Crippen LogP contribution in [0.3, 0.4) is 0 Å². The fourth-order valence-electron chi connectivity index (χ4n) is 1.80. The van der Waals surface area contributed by atoms with Crippen LogP contribution in [0.4, 0.5) is 0 Å². The first-order valence-electron chi connectivity index (χ1n) is 4.97. The van der Waals surface area contributed by atoms with Gasteiger partial charge in [0.15, 0.2) is 0 Å². The van der Waals surface area contributed by atoms with Crippen molar-refractivity contribution < 1.29 is 4.79 Å². The molecule has 2 unspecified atom stereocenters. The fourth-order valence-corrected chi connectivity index (χ4v) is 3.13. The summed E-state index contributed by atoms with van der Waals surface area (Å²) in [5.41, 5.74) is 0. The summed E-state index contributed by atoms with van der Waals surface area (Å²) in [6.07, 6.45) is 1.36. The third kappa shape index (κ3) is 2.31. The Bertz CT molecular complexity index is 330. The van der Waals surface area contributed by atoms with Crippen molar-refractivity contribution in [2.24, 2.45) is 0 Å². The van der Waals surface area contributed by atoms with E-state index in [0.717, 1.165) is 13.1 Å². The number of carbonyl (C=O) groups excluding carboxylic acids is 1. The molecule has 82 valence electrons. The minimum Gasteiger partial charge on any atom is -0.334 e. The van der Waals surface area contributed by atoms with E-state index < -0.39 is 0 Å². The number of carbonyl (C=O) groups is 1. The van der Waals surface area contributed by atoms with Gasteiger partial charge in [-0.25, -0.2) is 4.98 Å². The van der Waals surface area contributed by atoms with Gasteiger partial charge in [0.05, 0.1) is 0 Å². The first-order chi connectivity index (χ1) is 7.16. The molecular weight excluding hydrogens is 212 g/mol. The molecule has 0 saturated carbocycles. The fraction of sp³-hybridized carbons (Fsp3) is 0.667. The van der Waals surface area contributed by atoms with E-state index in [-0.39, 0.29) is 5.91 Å². The van der Waals surface area contributed by atoms with Crippen LogP contribution >= 0.6 is 11.8 Å². The maximum atomic E-state index is 11.9. The van der Waals surface area contributed by atoms with Crippen LogP contribution < -0.4 is 0 Å². The highest BCUT2D eigenvalue weighted by Crippen LogP contribution is 2.25. The van der Waals surface area contributed by atoms with Crippen LogP contribution in [-0.2, 0) is 0 Å². The number of aromatic amines is 1. The monoisotopic (exact) mass is 226 g/mol. The lowest BCUT2D eigenvalue weighted by molar-refractivity contribution is 0.0741. The van der Waals surface area contributed by atoms with E-state index in [9.17, 15) is 4.79 Å². The van der Waals surface area contributed by atoms with Gasteiger partial charge < -0.3 is 4.90 Å². The largest absolute Gasteiger partial charge is 0.334 e. The van der Waals surface area contributed by atoms with E-state index in [1.165, 1.54) is 6.33 Å². The summed E-state index contributed by atoms with van der Waals surface area (Å²) in [6, 6.07) is 0. The Kier molecular flexibility index (Phi) is 2.95. The molecule has 1 aromatic heterocycles. The Labute approximate surface area is 92.6 Å². The number of hydrogen-bond donors (Lipinski definition) is 1. The van der Waals surface area contributed by atoms with Gasteiger partial charge in [-0.1, -0.05) is 13.8 Å². The molecule has 0 radical (unpaired) electrons. The lowest BCUT2D eigenvalue weighted by Crippen LogP contribution is -2.44. The van der Waals surface area contributed by atoms with Gasteiger partial charge in [-0.15, -0.1) is 0 Å². The van der Waals surface area contributed by atoms with Crippen molar-refractivity contribution in [1.82, 2.24) is 20.1 Å². The molecule has 1 fully saturated rings. The van der Waals surface area contributed by atoms with Crippen molar-refractivity contribution in [3.05, 3.63) is 12.2 Å². The molecule has 0 aliphatic carbocycles. The summed E-state index contributed by atoms with van der Waals surface area (Å²) in [5, 5.41) is 7.27. The molecule has 0 aromatic carbocycles. The van der Waals surface area contributed by atoms with Crippen molar-refractivity contribution in [2.45, 2.75) is 24.3 Å². The molecule has 1 amide bonds. The minimum absolute atomic E-state index is 0.0495. The summed E-state index contributed by atoms with van der Waals surface area (Å²) >= 11 is 1.92. The van der Waals surface area contributed by atoms with Gasteiger partial charge in [-0.3, -0.25) is 9.89 Å². The first-order valence-corrected chi connectivity index (χ1v) is 5.91. The second-order valence-electron chi connectivity index (χ2n) is 3.80. The van der Waals surface area contributed by atoms with E-state index in [2.05, 4.69) is 29.0 Å². The summed E-state index contributed by atoms with van der Waals surface area (Å²) in [5.74, 6) is 0.285. The third-order valence-corrected chi connectivity index (χ3v) is 3.55. The van der Waals surface area contributed by atoms with Gasteiger partial charge in [0.25, 0.3) is 5.91 Å². The zero-order valence-electron chi connectivity index (χ0n) is 8.80. The van der Waals surface area contributed by atoms with E-state index in [0.29, 0.717) is 16.3 Å². The average Bonchev–Trinajstić information content (AvgIpc) is 2.67. The summed E-state index contributed by atoms with van der Waals surface area (Å²) in [4.78, 5) is 17.7. The topological polar surface area (TPSA) is 61.9 Å². The molecule has 2 heterocycles. The molecule has 1 aromatic rings. The number of nitrogens with zero attached hydrogens (tertiary/aromatic N) is 3. The number of rotatable bonds is 1. The van der Waals surface area contributed by atoms with Crippen LogP contribution in [0.25, 0.3) is 0 Å². The number of aromatic nitrogens is 3. The van der Waals surface area contributed by atoms with Crippen molar-refractivity contribution in [3.8, 4) is 0 Å². The summed E-state index contributed by atoms with van der Waals surface area (Å²) < 4.78 is 0. The van der Waals surface area contributed by atoms with Crippen molar-refractivity contribution in [1.29, 1.82) is 0 Å². The predicted octanol–water partition coefficient (Wildman–Crippen LogP) is 0.771. The van der Waals surface area contributed by atoms with E-state index >= 15 is 0 Å². The molecule has 1 aliphatic heterocycles. The summed E-state index contributed by atoms with van der Waals surface area (Å²) in [7, 11) is 0. The molecular formula is C9H14N4OS. The van der Waals surface area contributed by atoms with Crippen LogP contribution in [0.5, 0.6) is 0 Å². The number of hydrogen-bond acceptors (Lipinski definition) is 4. The van der Waals surface area contributed by atoms with Crippen LogP contribution in [0.15, 0.2) is 6.33 Å². The molecule has 0 spiro atoms. The zero-order chi connectivity index (χ0) is 10.8. The Morgan fingerprint density at radius 2 is 2.20 bits per heavy atom. The van der Waals surface area contributed by atoms with Crippen LogP contribution in [0, 0.1) is 0 Å². The maximum absolute atomic E-state index is 11.9. The molecule has 1 aliphatic rings. The van der Waals surface area contributed by atoms with Crippen molar-refractivity contribution >= 4 is 17.7 Å². The zero-order valence-corrected chi connectivity index (χ0v) is 9.62. The molecule has 5 nitrogen and oxygen atoms in total. The van der Waals surface area contributed by atoms with Crippen LogP contribution in [-0.4, -0.2) is 49.6 Å². The molecule has 2 rings (SSSR count). The van der Waals surface area contributed by atoms with E-state index in [4.69, 9.17) is 0 Å². The lowest BCUT2D eigenvalue weighted by Gasteiger charge is -2.33. The minimum atomic E-state index is -0.0495. The van der Waals surface area contributed by atoms with Crippen molar-refractivity contribution in [2.75, 3.05) is 13.1 Å².